The molecule has 0 saturated heterocycles. The number of rotatable bonds is 10. The fraction of sp³-hybridized carbons (Fsp3) is 0.108. The van der Waals surface area contributed by atoms with Crippen LogP contribution in [0.25, 0.3) is 27.8 Å². The lowest BCUT2D eigenvalue weighted by atomic mass is 9.93. The molecule has 0 radical (unpaired) electrons. The van der Waals surface area contributed by atoms with E-state index in [-0.39, 0.29) is 0 Å². The molecule has 0 fully saturated rings. The van der Waals surface area contributed by atoms with Gasteiger partial charge in [0.1, 0.15) is 5.75 Å². The van der Waals surface area contributed by atoms with Crippen LogP contribution in [0, 0.1) is 0 Å². The van der Waals surface area contributed by atoms with Crippen LogP contribution in [0.15, 0.2) is 132 Å². The van der Waals surface area contributed by atoms with Crippen LogP contribution >= 0.6 is 23.4 Å². The number of ether oxygens (including phenoxy) is 1. The number of hydrogen-bond acceptors (Lipinski definition) is 3. The highest BCUT2D eigenvalue weighted by molar-refractivity contribution is 7.99. The molecule has 5 aromatic rings. The molecular weight excluding hydrogens is 674 g/mol. The monoisotopic (exact) mass is 698 g/mol. The Morgan fingerprint density at radius 3 is 1.38 bits per heavy atom. The van der Waals surface area contributed by atoms with Gasteiger partial charge in [0.15, 0.2) is 0 Å². The van der Waals surface area contributed by atoms with Gasteiger partial charge in [0, 0.05) is 10.6 Å². The van der Waals surface area contributed by atoms with Gasteiger partial charge in [0.25, 0.3) is 5.56 Å². The van der Waals surface area contributed by atoms with E-state index in [4.69, 9.17) is 21.4 Å². The van der Waals surface area contributed by atoms with Gasteiger partial charge in [0.05, 0.1) is 11.1 Å². The van der Waals surface area contributed by atoms with Gasteiger partial charge in [-0.25, -0.2) is 4.79 Å². The molecule has 1 unspecified atom stereocenters. The van der Waals surface area contributed by atoms with Crippen molar-refractivity contribution in [1.29, 1.82) is 0 Å². The van der Waals surface area contributed by atoms with Gasteiger partial charge < -0.3 is 9.84 Å². The minimum Gasteiger partial charge on any atom is -0.478 e. The predicted octanol–water partition coefficient (Wildman–Crippen LogP) is 11.3. The summed E-state index contributed by atoms with van der Waals surface area (Å²) in [5.74, 6) is -0.462. The van der Waals surface area contributed by atoms with E-state index in [1.165, 1.54) is 36.0 Å². The van der Waals surface area contributed by atoms with Crippen LogP contribution in [0.1, 0.15) is 22.3 Å². The maximum absolute atomic E-state index is 13.0. The highest BCUT2D eigenvalue weighted by atomic mass is 35.5. The second kappa shape index (κ2) is 14.6. The zero-order valence-corrected chi connectivity index (χ0v) is 26.3. The zero-order chi connectivity index (χ0) is 34.5. The molecule has 246 valence electrons. The Morgan fingerprint density at radius 1 is 0.646 bits per heavy atom. The van der Waals surface area contributed by atoms with Crippen molar-refractivity contribution in [2.75, 3.05) is 5.75 Å². The number of hydrogen-bond donors (Lipinski definition) is 1. The Balaban J connectivity index is 1.39. The standard InChI is InChI=1S/C37H25ClF6O3S/c38-34(35(45)46)47-31-17-19-32(20-18-31)48-22-21-33(27-5-1-23(2-6-27)25-9-13-29(14-10-25)36(39,40)41)28-7-3-24(4-8-28)26-11-15-30(16-12-26)37(42,43)44/h1-21,34H,22H2,(H,45,46). The Kier molecular flexibility index (Phi) is 10.6. The molecular formula is C37H25ClF6O3S. The van der Waals surface area contributed by atoms with Gasteiger partial charge in [0.2, 0.25) is 0 Å². The highest BCUT2D eigenvalue weighted by Crippen LogP contribution is 2.34. The van der Waals surface area contributed by atoms with Crippen molar-refractivity contribution in [3.63, 3.8) is 0 Å². The van der Waals surface area contributed by atoms with E-state index in [2.05, 4.69) is 0 Å². The smallest absolute Gasteiger partial charge is 0.416 e. The zero-order valence-electron chi connectivity index (χ0n) is 24.7. The molecule has 0 bridgehead atoms. The maximum Gasteiger partial charge on any atom is 0.416 e. The lowest BCUT2D eigenvalue weighted by molar-refractivity contribution is -0.141. The number of carboxylic acids is 1. The highest BCUT2D eigenvalue weighted by Gasteiger charge is 2.30. The Hall–Kier alpha value is -4.67. The summed E-state index contributed by atoms with van der Waals surface area (Å²) in [6.07, 6.45) is -6.83. The van der Waals surface area contributed by atoms with Crippen LogP contribution in [0.5, 0.6) is 5.75 Å². The topological polar surface area (TPSA) is 46.5 Å². The van der Waals surface area contributed by atoms with Crippen molar-refractivity contribution in [2.24, 2.45) is 0 Å². The van der Waals surface area contributed by atoms with Crippen LogP contribution < -0.4 is 4.74 Å². The minimum absolute atomic E-state index is 0.305. The largest absolute Gasteiger partial charge is 0.478 e. The molecule has 0 aromatic heterocycles. The number of aliphatic carboxylic acids is 1. The molecule has 11 heteroatoms. The van der Waals surface area contributed by atoms with Crippen LogP contribution in [0.2, 0.25) is 0 Å². The molecule has 0 heterocycles. The van der Waals surface area contributed by atoms with E-state index in [1.54, 1.807) is 24.3 Å². The van der Waals surface area contributed by atoms with Crippen molar-refractivity contribution < 1.29 is 41.0 Å². The van der Waals surface area contributed by atoms with E-state index in [0.29, 0.717) is 22.6 Å². The fourth-order valence-corrected chi connectivity index (χ4v) is 5.67. The SMILES string of the molecule is O=C(O)C(Cl)Oc1ccc(SCC=C(c2ccc(-c3ccc(C(F)(F)F)cc3)cc2)c2ccc(-c3ccc(C(F)(F)F)cc3)cc2)cc1. The molecule has 0 amide bonds. The van der Waals surface area contributed by atoms with Crippen molar-refractivity contribution in [1.82, 2.24) is 0 Å². The molecule has 0 spiro atoms. The van der Waals surface area contributed by atoms with E-state index >= 15 is 0 Å². The van der Waals surface area contributed by atoms with E-state index < -0.39 is 35.0 Å². The minimum atomic E-state index is -4.43. The first kappa shape index (κ1) is 34.7. The Bertz CT molecular complexity index is 1770. The van der Waals surface area contributed by atoms with Gasteiger partial charge >= 0.3 is 18.3 Å². The summed E-state index contributed by atoms with van der Waals surface area (Å²) in [4.78, 5) is 11.8. The van der Waals surface area contributed by atoms with Crippen LogP contribution in [-0.4, -0.2) is 22.4 Å². The summed E-state index contributed by atoms with van der Waals surface area (Å²) in [5.41, 5.74) is 2.34. The first-order valence-electron chi connectivity index (χ1n) is 14.3. The van der Waals surface area contributed by atoms with Crippen molar-refractivity contribution in [3.05, 3.63) is 150 Å². The number of carboxylic acid groups (broad SMARTS) is 1. The molecule has 0 aliphatic heterocycles. The van der Waals surface area contributed by atoms with Gasteiger partial charge in [-0.3, -0.25) is 0 Å². The van der Waals surface area contributed by atoms with Crippen molar-refractivity contribution >= 4 is 34.9 Å². The van der Waals surface area contributed by atoms with Crippen LogP contribution in [0.3, 0.4) is 0 Å². The second-order valence-electron chi connectivity index (χ2n) is 10.5. The molecule has 5 rings (SSSR count). The van der Waals surface area contributed by atoms with Gasteiger partial charge in [-0.15, -0.1) is 11.8 Å². The third-order valence-corrected chi connectivity index (χ3v) is 8.49. The van der Waals surface area contributed by atoms with E-state index in [1.807, 2.05) is 54.6 Å². The Labute approximate surface area is 281 Å². The number of halogens is 7. The number of thioether (sulfide) groups is 1. The summed E-state index contributed by atoms with van der Waals surface area (Å²) in [5, 5.41) is 8.93. The number of alkyl halides is 7. The summed E-state index contributed by atoms with van der Waals surface area (Å²) in [6.45, 7) is 0. The quantitative estimate of drug-likeness (QED) is 0.0896. The number of carbonyl (C=O) groups is 1. The summed E-state index contributed by atoms with van der Waals surface area (Å²) < 4.78 is 83.3. The fourth-order valence-electron chi connectivity index (χ4n) is 4.80. The first-order valence-corrected chi connectivity index (χ1v) is 15.7. The third-order valence-electron chi connectivity index (χ3n) is 7.28. The maximum atomic E-state index is 13.0. The predicted molar refractivity (Wildman–Crippen MR) is 176 cm³/mol. The first-order chi connectivity index (χ1) is 22.8. The number of benzene rings is 5. The van der Waals surface area contributed by atoms with Gasteiger partial charge in [-0.05, 0) is 87.5 Å². The molecule has 1 atom stereocenters. The molecule has 3 nitrogen and oxygen atoms in total. The molecule has 0 aliphatic carbocycles. The average Bonchev–Trinajstić information content (AvgIpc) is 3.07. The molecule has 5 aromatic carbocycles. The van der Waals surface area contributed by atoms with Gasteiger partial charge in [-0.1, -0.05) is 90.5 Å². The summed E-state index contributed by atoms with van der Waals surface area (Å²) >= 11 is 7.16. The third kappa shape index (κ3) is 8.81. The molecule has 1 N–H and O–H groups in total. The summed E-state index contributed by atoms with van der Waals surface area (Å²) in [7, 11) is 0. The average molecular weight is 699 g/mol. The van der Waals surface area contributed by atoms with Gasteiger partial charge in [-0.2, -0.15) is 26.3 Å². The normalized spacial score (nSPS) is 12.3. The molecule has 0 saturated carbocycles. The van der Waals surface area contributed by atoms with Crippen LogP contribution in [0.4, 0.5) is 26.3 Å². The van der Waals surface area contributed by atoms with E-state index in [0.717, 1.165) is 57.0 Å². The lowest BCUT2D eigenvalue weighted by Gasteiger charge is -2.13. The Morgan fingerprint density at radius 2 is 1.02 bits per heavy atom. The second-order valence-corrected chi connectivity index (χ2v) is 12.0. The lowest BCUT2D eigenvalue weighted by Crippen LogP contribution is -2.20. The van der Waals surface area contributed by atoms with Crippen LogP contribution in [-0.2, 0) is 17.1 Å². The van der Waals surface area contributed by atoms with Crippen molar-refractivity contribution in [3.8, 4) is 28.0 Å². The molecule has 48 heavy (non-hydrogen) atoms. The van der Waals surface area contributed by atoms with E-state index in [9.17, 15) is 31.1 Å². The van der Waals surface area contributed by atoms with Crippen molar-refractivity contribution in [2.45, 2.75) is 22.8 Å². The summed E-state index contributed by atoms with van der Waals surface area (Å²) in [6, 6.07) is 31.5. The molecule has 0 aliphatic rings.